The molecule has 8 heteroatoms. The van der Waals surface area contributed by atoms with Crippen molar-refractivity contribution in [3.8, 4) is 11.4 Å². The molecule has 1 N–H and O–H groups in total. The summed E-state index contributed by atoms with van der Waals surface area (Å²) in [5.41, 5.74) is 1.83. The van der Waals surface area contributed by atoms with Crippen LogP contribution in [0.25, 0.3) is 11.4 Å². The van der Waals surface area contributed by atoms with Gasteiger partial charge in [0, 0.05) is 12.7 Å². The van der Waals surface area contributed by atoms with Gasteiger partial charge in [0.1, 0.15) is 11.6 Å². The van der Waals surface area contributed by atoms with E-state index in [1.54, 1.807) is 29.9 Å². The summed E-state index contributed by atoms with van der Waals surface area (Å²) in [4.78, 5) is 12.1. The van der Waals surface area contributed by atoms with Crippen molar-refractivity contribution in [1.82, 2.24) is 14.8 Å². The Kier molecular flexibility index (Phi) is 4.89. The molecule has 0 saturated heterocycles. The Bertz CT molecular complexity index is 919. The van der Waals surface area contributed by atoms with Gasteiger partial charge < -0.3 is 14.3 Å². The predicted octanol–water partition coefficient (Wildman–Crippen LogP) is 3.56. The number of anilines is 1. The lowest BCUT2D eigenvalue weighted by molar-refractivity contribution is -0.113. The molecule has 25 heavy (non-hydrogen) atoms. The molecule has 0 aliphatic carbocycles. The van der Waals surface area contributed by atoms with Crippen molar-refractivity contribution in [2.75, 3.05) is 11.1 Å². The molecule has 0 atom stereocenters. The van der Waals surface area contributed by atoms with E-state index in [0.29, 0.717) is 22.2 Å². The Morgan fingerprint density at radius 1 is 1.32 bits per heavy atom. The molecule has 3 rings (SSSR count). The van der Waals surface area contributed by atoms with Crippen LogP contribution in [0.1, 0.15) is 11.3 Å². The minimum atomic E-state index is -0.348. The molecule has 0 saturated carbocycles. The number of rotatable bonds is 5. The number of hydrogen-bond donors (Lipinski definition) is 1. The lowest BCUT2D eigenvalue weighted by atomic mass is 10.2. The third-order valence-corrected chi connectivity index (χ3v) is 4.74. The van der Waals surface area contributed by atoms with Gasteiger partial charge in [-0.1, -0.05) is 17.8 Å². The SMILES string of the molecule is Cc1ccc(NC(=O)CSc2nnc(-c3ccoc3C)n2C)cc1F. The van der Waals surface area contributed by atoms with E-state index in [9.17, 15) is 9.18 Å². The molecule has 0 unspecified atom stereocenters. The van der Waals surface area contributed by atoms with Gasteiger partial charge in [-0.2, -0.15) is 0 Å². The molecule has 0 fully saturated rings. The summed E-state index contributed by atoms with van der Waals surface area (Å²) in [5.74, 6) is 0.989. The molecule has 6 nitrogen and oxygen atoms in total. The Hall–Kier alpha value is -2.61. The summed E-state index contributed by atoms with van der Waals surface area (Å²) < 4.78 is 20.6. The summed E-state index contributed by atoms with van der Waals surface area (Å²) in [6.07, 6.45) is 1.60. The Labute approximate surface area is 148 Å². The Morgan fingerprint density at radius 2 is 2.12 bits per heavy atom. The molecular weight excluding hydrogens is 343 g/mol. The van der Waals surface area contributed by atoms with Crippen LogP contribution in [0.5, 0.6) is 0 Å². The number of halogens is 1. The molecule has 130 valence electrons. The number of carbonyl (C=O) groups is 1. The Morgan fingerprint density at radius 3 is 2.80 bits per heavy atom. The van der Waals surface area contributed by atoms with Gasteiger partial charge in [0.2, 0.25) is 5.91 Å². The summed E-state index contributed by atoms with van der Waals surface area (Å²) in [6.45, 7) is 3.52. The zero-order valence-electron chi connectivity index (χ0n) is 14.0. The van der Waals surface area contributed by atoms with Crippen LogP contribution < -0.4 is 5.32 Å². The molecule has 1 amide bonds. The van der Waals surface area contributed by atoms with Crippen LogP contribution in [0.2, 0.25) is 0 Å². The second kappa shape index (κ2) is 7.10. The molecule has 2 heterocycles. The highest BCUT2D eigenvalue weighted by molar-refractivity contribution is 7.99. The number of furan rings is 1. The van der Waals surface area contributed by atoms with E-state index in [-0.39, 0.29) is 17.5 Å². The van der Waals surface area contributed by atoms with Crippen LogP contribution in [-0.2, 0) is 11.8 Å². The number of aryl methyl sites for hydroxylation is 2. The zero-order valence-corrected chi connectivity index (χ0v) is 14.9. The van der Waals surface area contributed by atoms with Crippen molar-refractivity contribution in [2.24, 2.45) is 7.05 Å². The van der Waals surface area contributed by atoms with Crippen LogP contribution in [-0.4, -0.2) is 26.4 Å². The molecule has 3 aromatic rings. The lowest BCUT2D eigenvalue weighted by Gasteiger charge is -2.06. The highest BCUT2D eigenvalue weighted by Gasteiger charge is 2.16. The maximum atomic E-state index is 13.5. The van der Waals surface area contributed by atoms with Crippen molar-refractivity contribution in [1.29, 1.82) is 0 Å². The van der Waals surface area contributed by atoms with Crippen LogP contribution in [0, 0.1) is 19.7 Å². The number of thioether (sulfide) groups is 1. The fourth-order valence-corrected chi connectivity index (χ4v) is 3.00. The fraction of sp³-hybridized carbons (Fsp3) is 0.235. The summed E-state index contributed by atoms with van der Waals surface area (Å²) in [5, 5.41) is 11.5. The van der Waals surface area contributed by atoms with E-state index >= 15 is 0 Å². The average Bonchev–Trinajstić information content (AvgIpc) is 3.14. The first kappa shape index (κ1) is 17.2. The van der Waals surface area contributed by atoms with E-state index < -0.39 is 0 Å². The van der Waals surface area contributed by atoms with Gasteiger partial charge in [0.25, 0.3) is 0 Å². The van der Waals surface area contributed by atoms with Crippen molar-refractivity contribution in [3.63, 3.8) is 0 Å². The summed E-state index contributed by atoms with van der Waals surface area (Å²) >= 11 is 1.26. The van der Waals surface area contributed by atoms with Gasteiger partial charge >= 0.3 is 0 Å². The first-order chi connectivity index (χ1) is 12.0. The normalized spacial score (nSPS) is 10.9. The van der Waals surface area contributed by atoms with Gasteiger partial charge in [0.05, 0.1) is 17.6 Å². The summed E-state index contributed by atoms with van der Waals surface area (Å²) in [7, 11) is 1.83. The van der Waals surface area contributed by atoms with Crippen molar-refractivity contribution in [3.05, 3.63) is 47.7 Å². The third kappa shape index (κ3) is 3.74. The fourth-order valence-electron chi connectivity index (χ4n) is 2.29. The van der Waals surface area contributed by atoms with Gasteiger partial charge in [-0.25, -0.2) is 4.39 Å². The maximum absolute atomic E-state index is 13.5. The molecule has 0 aliphatic rings. The van der Waals surface area contributed by atoms with Crippen LogP contribution in [0.4, 0.5) is 10.1 Å². The van der Waals surface area contributed by atoms with Crippen molar-refractivity contribution in [2.45, 2.75) is 19.0 Å². The predicted molar refractivity (Wildman–Crippen MR) is 93.9 cm³/mol. The monoisotopic (exact) mass is 360 g/mol. The standard InChI is InChI=1S/C17H17FN4O2S/c1-10-4-5-12(8-14(10)18)19-15(23)9-25-17-21-20-16(22(17)3)13-6-7-24-11(13)2/h4-8H,9H2,1-3H3,(H,19,23). The minimum absolute atomic E-state index is 0.145. The largest absolute Gasteiger partial charge is 0.469 e. The van der Waals surface area contributed by atoms with Crippen molar-refractivity contribution < 1.29 is 13.6 Å². The Balaban J connectivity index is 1.64. The van der Waals surface area contributed by atoms with Crippen LogP contribution in [0.3, 0.4) is 0 Å². The number of amides is 1. The summed E-state index contributed by atoms with van der Waals surface area (Å²) in [6, 6.07) is 6.43. The van der Waals surface area contributed by atoms with Gasteiger partial charge in [0.15, 0.2) is 11.0 Å². The van der Waals surface area contributed by atoms with E-state index in [1.807, 2.05) is 20.0 Å². The first-order valence-electron chi connectivity index (χ1n) is 7.58. The quantitative estimate of drug-likeness (QED) is 0.704. The second-order valence-corrected chi connectivity index (χ2v) is 6.50. The highest BCUT2D eigenvalue weighted by atomic mass is 32.2. The van der Waals surface area contributed by atoms with E-state index in [0.717, 1.165) is 11.3 Å². The molecule has 0 spiro atoms. The molecular formula is C17H17FN4O2S. The molecule has 0 radical (unpaired) electrons. The average molecular weight is 360 g/mol. The number of nitrogens with one attached hydrogen (secondary N) is 1. The van der Waals surface area contributed by atoms with Gasteiger partial charge in [-0.3, -0.25) is 4.79 Å². The van der Waals surface area contributed by atoms with Gasteiger partial charge in [-0.15, -0.1) is 10.2 Å². The van der Waals surface area contributed by atoms with Crippen LogP contribution >= 0.6 is 11.8 Å². The molecule has 1 aromatic carbocycles. The smallest absolute Gasteiger partial charge is 0.234 e. The highest BCUT2D eigenvalue weighted by Crippen LogP contribution is 2.25. The van der Waals surface area contributed by atoms with Crippen LogP contribution in [0.15, 0.2) is 40.1 Å². The number of benzene rings is 1. The first-order valence-corrected chi connectivity index (χ1v) is 8.57. The number of aromatic nitrogens is 3. The lowest BCUT2D eigenvalue weighted by Crippen LogP contribution is -2.14. The third-order valence-electron chi connectivity index (χ3n) is 3.72. The van der Waals surface area contributed by atoms with E-state index in [4.69, 9.17) is 4.42 Å². The molecule has 0 aliphatic heterocycles. The number of carbonyl (C=O) groups excluding carboxylic acids is 1. The van der Waals surface area contributed by atoms with E-state index in [1.165, 1.54) is 17.8 Å². The molecule has 2 aromatic heterocycles. The maximum Gasteiger partial charge on any atom is 0.234 e. The topological polar surface area (TPSA) is 73.0 Å². The van der Waals surface area contributed by atoms with E-state index in [2.05, 4.69) is 15.5 Å². The number of nitrogens with zero attached hydrogens (tertiary/aromatic N) is 3. The zero-order chi connectivity index (χ0) is 18.0. The number of hydrogen-bond acceptors (Lipinski definition) is 5. The van der Waals surface area contributed by atoms with Crippen molar-refractivity contribution >= 4 is 23.4 Å². The minimum Gasteiger partial charge on any atom is -0.469 e. The second-order valence-electron chi connectivity index (χ2n) is 5.56. The molecule has 0 bridgehead atoms. The van der Waals surface area contributed by atoms with Gasteiger partial charge in [-0.05, 0) is 37.6 Å².